The van der Waals surface area contributed by atoms with Gasteiger partial charge in [0.2, 0.25) is 5.95 Å². The van der Waals surface area contributed by atoms with Gasteiger partial charge in [0.25, 0.3) is 0 Å². The van der Waals surface area contributed by atoms with Crippen molar-refractivity contribution in [2.24, 2.45) is 0 Å². The number of thiazole rings is 1. The van der Waals surface area contributed by atoms with Crippen LogP contribution in [0.5, 0.6) is 0 Å². The number of H-pyrrole nitrogens is 1. The van der Waals surface area contributed by atoms with Crippen molar-refractivity contribution in [1.29, 1.82) is 0 Å². The molecule has 2 aromatic rings. The summed E-state index contributed by atoms with van der Waals surface area (Å²) in [6, 6.07) is 0. The van der Waals surface area contributed by atoms with Crippen LogP contribution in [0.3, 0.4) is 0 Å². The number of hydrogen-bond donors (Lipinski definition) is 2. The molecule has 0 unspecified atom stereocenters. The maximum absolute atomic E-state index is 5.34. The summed E-state index contributed by atoms with van der Waals surface area (Å²) in [5.41, 5.74) is 6.14. The van der Waals surface area contributed by atoms with Gasteiger partial charge in [-0.2, -0.15) is 4.98 Å². The molecule has 0 spiro atoms. The molecular weight excluding hydrogens is 174 g/mol. The molecule has 12 heavy (non-hydrogen) atoms. The van der Waals surface area contributed by atoms with Gasteiger partial charge < -0.3 is 5.73 Å². The predicted octanol–water partition coefficient (Wildman–Crippen LogP) is 0.819. The Kier molecular flexibility index (Phi) is 1.54. The third kappa shape index (κ3) is 1.16. The number of hydrogen-bond acceptors (Lipinski definition) is 5. The summed E-state index contributed by atoms with van der Waals surface area (Å²) in [4.78, 5) is 8.17. The van der Waals surface area contributed by atoms with Gasteiger partial charge >= 0.3 is 0 Å². The molecule has 0 amide bonds. The summed E-state index contributed by atoms with van der Waals surface area (Å²) in [5.74, 6) is 0.868. The fraction of sp³-hybridized carbons (Fsp3) is 0.167. The van der Waals surface area contributed by atoms with Gasteiger partial charge in [0.15, 0.2) is 5.82 Å². The number of nitrogens with zero attached hydrogens (tertiary/aromatic N) is 3. The lowest BCUT2D eigenvalue weighted by Gasteiger charge is -1.83. The van der Waals surface area contributed by atoms with Crippen LogP contribution in [0, 0.1) is 6.92 Å². The largest absolute Gasteiger partial charge is 0.366 e. The second-order valence-electron chi connectivity index (χ2n) is 2.29. The van der Waals surface area contributed by atoms with Crippen molar-refractivity contribution < 1.29 is 0 Å². The van der Waals surface area contributed by atoms with Crippen molar-refractivity contribution in [3.05, 3.63) is 10.4 Å². The predicted molar refractivity (Wildman–Crippen MR) is 46.6 cm³/mol. The molecule has 6 heteroatoms. The van der Waals surface area contributed by atoms with Crippen LogP contribution in [0.2, 0.25) is 0 Å². The summed E-state index contributed by atoms with van der Waals surface area (Å²) in [6.45, 7) is 1.94. The number of nitrogens with one attached hydrogen (secondary N) is 1. The molecule has 0 bridgehead atoms. The molecule has 0 aromatic carbocycles. The summed E-state index contributed by atoms with van der Waals surface area (Å²) in [5, 5.41) is 9.31. The van der Waals surface area contributed by atoms with Gasteiger partial charge in [0, 0.05) is 5.38 Å². The standard InChI is InChI=1S/C6H7N5S/c1-3-8-4(2-12-3)5-9-6(7)11-10-5/h2H,1H3,(H3,7,9,10,11). The smallest absolute Gasteiger partial charge is 0.239 e. The molecule has 3 N–H and O–H groups in total. The van der Waals surface area contributed by atoms with Crippen molar-refractivity contribution in [2.75, 3.05) is 5.73 Å². The Labute approximate surface area is 72.7 Å². The zero-order chi connectivity index (χ0) is 8.55. The van der Waals surface area contributed by atoms with Crippen molar-refractivity contribution in [1.82, 2.24) is 20.2 Å². The van der Waals surface area contributed by atoms with Gasteiger partial charge in [-0.05, 0) is 6.92 Å². The summed E-state index contributed by atoms with van der Waals surface area (Å²) in [6.07, 6.45) is 0. The van der Waals surface area contributed by atoms with Crippen LogP contribution in [0.1, 0.15) is 5.01 Å². The minimum absolute atomic E-state index is 0.246. The normalized spacial score (nSPS) is 10.4. The molecule has 2 aromatic heterocycles. The van der Waals surface area contributed by atoms with Crippen molar-refractivity contribution >= 4 is 17.3 Å². The second-order valence-corrected chi connectivity index (χ2v) is 3.36. The van der Waals surface area contributed by atoms with Gasteiger partial charge in [-0.3, -0.25) is 5.10 Å². The quantitative estimate of drug-likeness (QED) is 0.682. The minimum atomic E-state index is 0.246. The van der Waals surface area contributed by atoms with E-state index >= 15 is 0 Å². The molecule has 0 saturated heterocycles. The zero-order valence-electron chi connectivity index (χ0n) is 6.40. The van der Waals surface area contributed by atoms with E-state index in [2.05, 4.69) is 20.2 Å². The van der Waals surface area contributed by atoms with Crippen LogP contribution in [-0.2, 0) is 0 Å². The Bertz CT molecular complexity index is 352. The summed E-state index contributed by atoms with van der Waals surface area (Å²) >= 11 is 1.57. The van der Waals surface area contributed by atoms with E-state index in [0.717, 1.165) is 10.7 Å². The Morgan fingerprint density at radius 3 is 2.83 bits per heavy atom. The number of nitrogen functional groups attached to an aromatic ring is 1. The van der Waals surface area contributed by atoms with Gasteiger partial charge in [-0.25, -0.2) is 4.98 Å². The average Bonchev–Trinajstić information content (AvgIpc) is 2.58. The first-order valence-electron chi connectivity index (χ1n) is 3.36. The second kappa shape index (κ2) is 2.56. The molecule has 2 heterocycles. The molecule has 0 aliphatic rings. The lowest BCUT2D eigenvalue weighted by atomic mass is 10.5. The first-order chi connectivity index (χ1) is 5.75. The number of aromatic amines is 1. The van der Waals surface area contributed by atoms with Crippen LogP contribution in [0.4, 0.5) is 5.95 Å². The molecule has 0 atom stereocenters. The zero-order valence-corrected chi connectivity index (χ0v) is 7.22. The maximum Gasteiger partial charge on any atom is 0.239 e. The van der Waals surface area contributed by atoms with Gasteiger partial charge in [-0.15, -0.1) is 16.4 Å². The van der Waals surface area contributed by atoms with Crippen LogP contribution in [0.25, 0.3) is 11.5 Å². The Morgan fingerprint density at radius 1 is 1.50 bits per heavy atom. The van der Waals surface area contributed by atoms with E-state index in [0.29, 0.717) is 5.82 Å². The van der Waals surface area contributed by atoms with E-state index in [1.54, 1.807) is 11.3 Å². The van der Waals surface area contributed by atoms with Crippen LogP contribution < -0.4 is 5.73 Å². The van der Waals surface area contributed by atoms with Gasteiger partial charge in [0.1, 0.15) is 5.69 Å². The monoisotopic (exact) mass is 181 g/mol. The van der Waals surface area contributed by atoms with Crippen molar-refractivity contribution in [3.63, 3.8) is 0 Å². The highest BCUT2D eigenvalue weighted by Gasteiger charge is 2.05. The van der Waals surface area contributed by atoms with E-state index in [4.69, 9.17) is 5.73 Å². The van der Waals surface area contributed by atoms with Crippen molar-refractivity contribution in [3.8, 4) is 11.5 Å². The average molecular weight is 181 g/mol. The fourth-order valence-electron chi connectivity index (χ4n) is 0.862. The molecule has 0 radical (unpaired) electrons. The van der Waals surface area contributed by atoms with E-state index in [9.17, 15) is 0 Å². The number of aromatic nitrogens is 4. The molecule has 0 saturated carbocycles. The lowest BCUT2D eigenvalue weighted by Crippen LogP contribution is -1.85. The molecule has 0 aliphatic heterocycles. The SMILES string of the molecule is Cc1nc(-c2nc(N)n[nH]2)cs1. The fourth-order valence-corrected chi connectivity index (χ4v) is 1.46. The maximum atomic E-state index is 5.34. The highest BCUT2D eigenvalue weighted by atomic mass is 32.1. The van der Waals surface area contributed by atoms with E-state index in [1.165, 1.54) is 0 Å². The third-order valence-electron chi connectivity index (χ3n) is 1.36. The molecule has 5 nitrogen and oxygen atoms in total. The van der Waals surface area contributed by atoms with Crippen LogP contribution in [0.15, 0.2) is 5.38 Å². The summed E-state index contributed by atoms with van der Waals surface area (Å²) < 4.78 is 0. The number of rotatable bonds is 1. The topological polar surface area (TPSA) is 80.5 Å². The van der Waals surface area contributed by atoms with Gasteiger partial charge in [0.05, 0.1) is 5.01 Å². The number of nitrogens with two attached hydrogens (primary N) is 1. The van der Waals surface area contributed by atoms with E-state index in [-0.39, 0.29) is 5.95 Å². The molecule has 62 valence electrons. The summed E-state index contributed by atoms with van der Waals surface area (Å²) in [7, 11) is 0. The molecule has 0 aliphatic carbocycles. The molecule has 0 fully saturated rings. The Hall–Kier alpha value is -1.43. The highest BCUT2D eigenvalue weighted by Crippen LogP contribution is 2.17. The highest BCUT2D eigenvalue weighted by molar-refractivity contribution is 7.09. The first kappa shape index (κ1) is 7.23. The van der Waals surface area contributed by atoms with Crippen molar-refractivity contribution in [2.45, 2.75) is 6.92 Å². The molecule has 2 rings (SSSR count). The third-order valence-corrected chi connectivity index (χ3v) is 2.14. The van der Waals surface area contributed by atoms with E-state index < -0.39 is 0 Å². The number of anilines is 1. The van der Waals surface area contributed by atoms with E-state index in [1.807, 2.05) is 12.3 Å². The Balaban J connectivity index is 2.43. The van der Waals surface area contributed by atoms with Crippen LogP contribution in [-0.4, -0.2) is 20.2 Å². The van der Waals surface area contributed by atoms with Gasteiger partial charge in [-0.1, -0.05) is 0 Å². The van der Waals surface area contributed by atoms with Crippen LogP contribution >= 0.6 is 11.3 Å². The molecular formula is C6H7N5S. The number of aryl methyl sites for hydroxylation is 1. The minimum Gasteiger partial charge on any atom is -0.366 e. The Morgan fingerprint density at radius 2 is 2.33 bits per heavy atom. The lowest BCUT2D eigenvalue weighted by molar-refractivity contribution is 1.09. The first-order valence-corrected chi connectivity index (χ1v) is 4.24.